The largest absolute Gasteiger partial charge is 0.396 e. The van der Waals surface area contributed by atoms with Crippen molar-refractivity contribution in [1.29, 1.82) is 0 Å². The second kappa shape index (κ2) is 5.87. The van der Waals surface area contributed by atoms with Crippen molar-refractivity contribution < 1.29 is 4.74 Å². The molecule has 4 heteroatoms. The summed E-state index contributed by atoms with van der Waals surface area (Å²) in [5.74, 6) is 1.53. The molecular formula is C13H21N3O. The minimum Gasteiger partial charge on any atom is -0.396 e. The Hall–Kier alpha value is -1.29. The molecule has 0 aromatic carbocycles. The molecule has 1 aliphatic heterocycles. The van der Waals surface area contributed by atoms with E-state index in [2.05, 4.69) is 9.88 Å². The summed E-state index contributed by atoms with van der Waals surface area (Å²) in [6.07, 6.45) is 4.23. The minimum absolute atomic E-state index is 0.602. The van der Waals surface area contributed by atoms with Gasteiger partial charge in [0, 0.05) is 25.9 Å². The van der Waals surface area contributed by atoms with Crippen LogP contribution in [0.5, 0.6) is 0 Å². The molecule has 1 fully saturated rings. The van der Waals surface area contributed by atoms with Crippen LogP contribution in [0.3, 0.4) is 0 Å². The summed E-state index contributed by atoms with van der Waals surface area (Å²) in [4.78, 5) is 6.66. The van der Waals surface area contributed by atoms with Crippen molar-refractivity contribution >= 4 is 11.5 Å². The van der Waals surface area contributed by atoms with Gasteiger partial charge in [0.15, 0.2) is 5.82 Å². The van der Waals surface area contributed by atoms with Crippen molar-refractivity contribution in [2.24, 2.45) is 5.92 Å². The Labute approximate surface area is 103 Å². The van der Waals surface area contributed by atoms with Gasteiger partial charge >= 0.3 is 0 Å². The molecule has 4 nitrogen and oxygen atoms in total. The lowest BCUT2D eigenvalue weighted by Gasteiger charge is -2.33. The molecule has 1 atom stereocenters. The number of anilines is 2. The second-order valence-electron chi connectivity index (χ2n) is 4.53. The van der Waals surface area contributed by atoms with Crippen molar-refractivity contribution in [3.05, 3.63) is 18.3 Å². The molecular weight excluding hydrogens is 214 g/mol. The van der Waals surface area contributed by atoms with E-state index in [1.807, 2.05) is 19.1 Å². The lowest BCUT2D eigenvalue weighted by molar-refractivity contribution is 0.104. The van der Waals surface area contributed by atoms with E-state index in [1.54, 1.807) is 6.20 Å². The predicted molar refractivity (Wildman–Crippen MR) is 70.1 cm³/mol. The van der Waals surface area contributed by atoms with Gasteiger partial charge in [0.05, 0.1) is 12.3 Å². The van der Waals surface area contributed by atoms with Crippen LogP contribution in [0.2, 0.25) is 0 Å². The number of rotatable bonds is 4. The minimum atomic E-state index is 0.602. The maximum absolute atomic E-state index is 5.96. The summed E-state index contributed by atoms with van der Waals surface area (Å²) in [7, 11) is 0. The van der Waals surface area contributed by atoms with Crippen molar-refractivity contribution in [3.8, 4) is 0 Å². The van der Waals surface area contributed by atoms with Gasteiger partial charge in [0.2, 0.25) is 0 Å². The smallest absolute Gasteiger partial charge is 0.151 e. The van der Waals surface area contributed by atoms with Crippen LogP contribution >= 0.6 is 0 Å². The van der Waals surface area contributed by atoms with E-state index in [-0.39, 0.29) is 0 Å². The highest BCUT2D eigenvalue weighted by Gasteiger charge is 2.21. The van der Waals surface area contributed by atoms with Gasteiger partial charge in [-0.15, -0.1) is 0 Å². The van der Waals surface area contributed by atoms with Crippen LogP contribution in [0, 0.1) is 5.92 Å². The first kappa shape index (κ1) is 12.2. The van der Waals surface area contributed by atoms with Gasteiger partial charge in [-0.25, -0.2) is 4.98 Å². The number of nitrogens with zero attached hydrogens (tertiary/aromatic N) is 2. The van der Waals surface area contributed by atoms with Crippen LogP contribution < -0.4 is 10.6 Å². The maximum Gasteiger partial charge on any atom is 0.151 e. The van der Waals surface area contributed by atoms with Crippen molar-refractivity contribution in [3.63, 3.8) is 0 Å². The zero-order chi connectivity index (χ0) is 12.1. The van der Waals surface area contributed by atoms with E-state index < -0.39 is 0 Å². The molecule has 0 saturated carbocycles. The molecule has 1 unspecified atom stereocenters. The van der Waals surface area contributed by atoms with E-state index >= 15 is 0 Å². The number of nitrogen functional groups attached to an aromatic ring is 1. The molecule has 2 rings (SSSR count). The van der Waals surface area contributed by atoms with Crippen LogP contribution in [0.4, 0.5) is 11.5 Å². The van der Waals surface area contributed by atoms with Gasteiger partial charge in [-0.3, -0.25) is 0 Å². The Morgan fingerprint density at radius 2 is 2.47 bits per heavy atom. The second-order valence-corrected chi connectivity index (χ2v) is 4.53. The average Bonchev–Trinajstić information content (AvgIpc) is 2.37. The van der Waals surface area contributed by atoms with Crippen LogP contribution in [0.25, 0.3) is 0 Å². The first-order valence-corrected chi connectivity index (χ1v) is 6.34. The van der Waals surface area contributed by atoms with Crippen molar-refractivity contribution in [1.82, 2.24) is 4.98 Å². The molecule has 1 saturated heterocycles. The predicted octanol–water partition coefficient (Wildman–Crippen LogP) is 1.92. The van der Waals surface area contributed by atoms with Crippen LogP contribution in [0.1, 0.15) is 19.8 Å². The van der Waals surface area contributed by atoms with Gasteiger partial charge < -0.3 is 15.4 Å². The summed E-state index contributed by atoms with van der Waals surface area (Å²) >= 11 is 0. The monoisotopic (exact) mass is 235 g/mol. The molecule has 0 radical (unpaired) electrons. The number of hydrogen-bond donors (Lipinski definition) is 1. The summed E-state index contributed by atoms with van der Waals surface area (Å²) < 4.78 is 5.51. The molecule has 1 aromatic heterocycles. The molecule has 1 aliphatic rings. The summed E-state index contributed by atoms with van der Waals surface area (Å²) in [5, 5.41) is 0. The quantitative estimate of drug-likeness (QED) is 0.866. The van der Waals surface area contributed by atoms with Crippen molar-refractivity contribution in [2.45, 2.75) is 19.8 Å². The number of aromatic nitrogens is 1. The number of pyridine rings is 1. The van der Waals surface area contributed by atoms with Gasteiger partial charge in [-0.2, -0.15) is 0 Å². The van der Waals surface area contributed by atoms with Gasteiger partial charge in [0.1, 0.15) is 0 Å². The standard InChI is InChI=1S/C13H21N3O/c1-2-17-10-11-5-4-8-16(9-11)13-12(14)6-3-7-15-13/h3,6-7,11H,2,4-5,8-10,14H2,1H3. The van der Waals surface area contributed by atoms with E-state index in [0.29, 0.717) is 5.92 Å². The third-order valence-corrected chi connectivity index (χ3v) is 3.19. The highest BCUT2D eigenvalue weighted by Crippen LogP contribution is 2.25. The van der Waals surface area contributed by atoms with Gasteiger partial charge in [0.25, 0.3) is 0 Å². The first-order chi connectivity index (χ1) is 8.31. The topological polar surface area (TPSA) is 51.4 Å². The van der Waals surface area contributed by atoms with E-state index in [0.717, 1.165) is 37.8 Å². The fraction of sp³-hybridized carbons (Fsp3) is 0.615. The fourth-order valence-corrected chi connectivity index (χ4v) is 2.35. The lowest BCUT2D eigenvalue weighted by Crippen LogP contribution is -2.38. The van der Waals surface area contributed by atoms with Crippen LogP contribution in [-0.4, -0.2) is 31.3 Å². The SMILES string of the molecule is CCOCC1CCCN(c2ncccc2N)C1. The molecule has 17 heavy (non-hydrogen) atoms. The molecule has 0 bridgehead atoms. The third kappa shape index (κ3) is 3.09. The number of hydrogen-bond acceptors (Lipinski definition) is 4. The Bertz CT molecular complexity index is 356. The maximum atomic E-state index is 5.96. The Morgan fingerprint density at radius 3 is 3.24 bits per heavy atom. The molecule has 0 spiro atoms. The highest BCUT2D eigenvalue weighted by atomic mass is 16.5. The van der Waals surface area contributed by atoms with E-state index in [1.165, 1.54) is 12.8 Å². The molecule has 0 amide bonds. The zero-order valence-electron chi connectivity index (χ0n) is 10.4. The summed E-state index contributed by atoms with van der Waals surface area (Å²) in [6, 6.07) is 3.79. The fourth-order valence-electron chi connectivity index (χ4n) is 2.35. The van der Waals surface area contributed by atoms with E-state index in [4.69, 9.17) is 10.5 Å². The van der Waals surface area contributed by atoms with Crippen molar-refractivity contribution in [2.75, 3.05) is 36.9 Å². The third-order valence-electron chi connectivity index (χ3n) is 3.19. The van der Waals surface area contributed by atoms with Crippen LogP contribution in [-0.2, 0) is 4.74 Å². The average molecular weight is 235 g/mol. The van der Waals surface area contributed by atoms with E-state index in [9.17, 15) is 0 Å². The molecule has 1 aromatic rings. The van der Waals surface area contributed by atoms with Gasteiger partial charge in [-0.05, 0) is 37.8 Å². The Balaban J connectivity index is 1.99. The Kier molecular flexibility index (Phi) is 4.20. The molecule has 94 valence electrons. The normalized spacial score (nSPS) is 20.5. The zero-order valence-corrected chi connectivity index (χ0v) is 10.4. The number of nitrogens with two attached hydrogens (primary N) is 1. The van der Waals surface area contributed by atoms with Crippen LogP contribution in [0.15, 0.2) is 18.3 Å². The molecule has 2 heterocycles. The summed E-state index contributed by atoms with van der Waals surface area (Å²) in [6.45, 7) is 5.73. The highest BCUT2D eigenvalue weighted by molar-refractivity contribution is 5.62. The lowest BCUT2D eigenvalue weighted by atomic mass is 9.99. The summed E-state index contributed by atoms with van der Waals surface area (Å²) in [5.41, 5.74) is 6.73. The molecule has 2 N–H and O–H groups in total. The van der Waals surface area contributed by atoms with Gasteiger partial charge in [-0.1, -0.05) is 0 Å². The number of ether oxygens (including phenoxy) is 1. The number of piperidine rings is 1. The Morgan fingerprint density at radius 1 is 1.59 bits per heavy atom. The molecule has 0 aliphatic carbocycles. The first-order valence-electron chi connectivity index (χ1n) is 6.34.